The minimum Gasteiger partial charge on any atom is -0.396 e. The Labute approximate surface area is 107 Å². The molecule has 0 saturated carbocycles. The van der Waals surface area contributed by atoms with Crippen molar-refractivity contribution in [3.05, 3.63) is 29.8 Å². The van der Waals surface area contributed by atoms with Crippen molar-refractivity contribution in [1.29, 1.82) is 0 Å². The van der Waals surface area contributed by atoms with E-state index in [0.717, 1.165) is 12.0 Å². The van der Waals surface area contributed by atoms with E-state index in [1.54, 1.807) is 6.07 Å². The summed E-state index contributed by atoms with van der Waals surface area (Å²) in [5.74, 6) is 2.07. The molecule has 1 unspecified atom stereocenters. The van der Waals surface area contributed by atoms with Gasteiger partial charge in [0.05, 0.1) is 6.04 Å². The zero-order valence-corrected chi connectivity index (χ0v) is 10.2. The van der Waals surface area contributed by atoms with Crippen LogP contribution in [0, 0.1) is 12.3 Å². The fourth-order valence-electron chi connectivity index (χ4n) is 1.54. The van der Waals surface area contributed by atoms with Crippen LogP contribution in [-0.2, 0) is 11.2 Å². The molecular weight excluding hydrogens is 228 g/mol. The number of carbonyl (C=O) groups is 1. The lowest BCUT2D eigenvalue weighted by Gasteiger charge is -2.10. The molecular formula is C14H18N2O2. The number of anilines is 1. The molecule has 1 aromatic rings. The van der Waals surface area contributed by atoms with Gasteiger partial charge in [-0.1, -0.05) is 12.1 Å². The zero-order chi connectivity index (χ0) is 13.4. The molecule has 0 aromatic heterocycles. The van der Waals surface area contributed by atoms with Gasteiger partial charge in [-0.3, -0.25) is 4.79 Å². The first-order chi connectivity index (χ1) is 8.67. The fraction of sp³-hybridized carbons (Fsp3) is 0.357. The molecule has 1 amide bonds. The van der Waals surface area contributed by atoms with E-state index in [1.807, 2.05) is 18.2 Å². The average Bonchev–Trinajstić information content (AvgIpc) is 2.37. The van der Waals surface area contributed by atoms with Gasteiger partial charge >= 0.3 is 0 Å². The third-order valence-electron chi connectivity index (χ3n) is 2.49. The molecule has 0 aliphatic heterocycles. The first-order valence-corrected chi connectivity index (χ1v) is 5.87. The topological polar surface area (TPSA) is 75.4 Å². The lowest BCUT2D eigenvalue weighted by molar-refractivity contribution is -0.117. The minimum absolute atomic E-state index is 0.156. The van der Waals surface area contributed by atoms with Crippen molar-refractivity contribution in [2.24, 2.45) is 5.73 Å². The molecule has 0 aliphatic carbocycles. The molecule has 18 heavy (non-hydrogen) atoms. The maximum atomic E-state index is 11.7. The molecule has 0 heterocycles. The van der Waals surface area contributed by atoms with E-state index in [9.17, 15) is 4.79 Å². The predicted molar refractivity (Wildman–Crippen MR) is 71.9 cm³/mol. The van der Waals surface area contributed by atoms with Gasteiger partial charge in [0.2, 0.25) is 5.91 Å². The van der Waals surface area contributed by atoms with Gasteiger partial charge in [0, 0.05) is 18.7 Å². The standard InChI is InChI=1S/C14H18N2O2/c1-2-5-13(15)14(18)16-12-8-3-6-11(10-12)7-4-9-17/h1,3,6,8,10,13,17H,4-5,7,9,15H2,(H,16,18). The highest BCUT2D eigenvalue weighted by molar-refractivity contribution is 5.94. The van der Waals surface area contributed by atoms with Crippen LogP contribution in [0.1, 0.15) is 18.4 Å². The van der Waals surface area contributed by atoms with Crippen LogP contribution in [0.4, 0.5) is 5.69 Å². The number of aliphatic hydroxyl groups is 1. The smallest absolute Gasteiger partial charge is 0.242 e. The van der Waals surface area contributed by atoms with Crippen LogP contribution in [0.15, 0.2) is 24.3 Å². The Kier molecular flexibility index (Phi) is 5.92. The van der Waals surface area contributed by atoms with E-state index in [2.05, 4.69) is 11.2 Å². The maximum absolute atomic E-state index is 11.7. The Morgan fingerprint density at radius 1 is 1.56 bits per heavy atom. The molecule has 96 valence electrons. The summed E-state index contributed by atoms with van der Waals surface area (Å²) in [6, 6.07) is 6.79. The van der Waals surface area contributed by atoms with Crippen molar-refractivity contribution in [3.8, 4) is 12.3 Å². The van der Waals surface area contributed by atoms with Crippen molar-refractivity contribution in [2.75, 3.05) is 11.9 Å². The van der Waals surface area contributed by atoms with Crippen LogP contribution in [-0.4, -0.2) is 23.7 Å². The second kappa shape index (κ2) is 7.49. The normalized spacial score (nSPS) is 11.6. The van der Waals surface area contributed by atoms with Gasteiger partial charge < -0.3 is 16.2 Å². The summed E-state index contributed by atoms with van der Waals surface area (Å²) in [4.78, 5) is 11.7. The SMILES string of the molecule is C#CCC(N)C(=O)Nc1cccc(CCCO)c1. The van der Waals surface area contributed by atoms with Gasteiger partial charge in [-0.15, -0.1) is 12.3 Å². The molecule has 0 fully saturated rings. The Hall–Kier alpha value is -1.83. The molecule has 0 radical (unpaired) electrons. The van der Waals surface area contributed by atoms with Crippen LogP contribution in [0.5, 0.6) is 0 Å². The molecule has 4 nitrogen and oxygen atoms in total. The molecule has 1 atom stereocenters. The van der Waals surface area contributed by atoms with E-state index in [-0.39, 0.29) is 18.9 Å². The molecule has 1 rings (SSSR count). The van der Waals surface area contributed by atoms with E-state index in [0.29, 0.717) is 12.1 Å². The molecule has 0 spiro atoms. The van der Waals surface area contributed by atoms with Crippen LogP contribution >= 0.6 is 0 Å². The zero-order valence-electron chi connectivity index (χ0n) is 10.2. The number of amides is 1. The van der Waals surface area contributed by atoms with Gasteiger partial charge in [0.15, 0.2) is 0 Å². The van der Waals surface area contributed by atoms with E-state index < -0.39 is 6.04 Å². The second-order valence-electron chi connectivity index (χ2n) is 4.03. The van der Waals surface area contributed by atoms with Crippen molar-refractivity contribution < 1.29 is 9.90 Å². The van der Waals surface area contributed by atoms with Crippen LogP contribution in [0.3, 0.4) is 0 Å². The number of nitrogens with two attached hydrogens (primary N) is 1. The Bertz CT molecular complexity index is 438. The number of carbonyl (C=O) groups excluding carboxylic acids is 1. The van der Waals surface area contributed by atoms with E-state index in [1.165, 1.54) is 0 Å². The summed E-state index contributed by atoms with van der Waals surface area (Å²) in [5.41, 5.74) is 7.37. The number of benzene rings is 1. The average molecular weight is 246 g/mol. The Morgan fingerprint density at radius 2 is 2.33 bits per heavy atom. The first kappa shape index (κ1) is 14.2. The number of terminal acetylenes is 1. The highest BCUT2D eigenvalue weighted by Crippen LogP contribution is 2.12. The fourth-order valence-corrected chi connectivity index (χ4v) is 1.54. The van der Waals surface area contributed by atoms with Gasteiger partial charge in [-0.2, -0.15) is 0 Å². The number of aliphatic hydroxyl groups excluding tert-OH is 1. The molecule has 0 saturated heterocycles. The molecule has 0 aliphatic rings. The third kappa shape index (κ3) is 4.58. The summed E-state index contributed by atoms with van der Waals surface area (Å²) in [6.07, 6.45) is 6.80. The molecule has 4 heteroatoms. The number of hydrogen-bond acceptors (Lipinski definition) is 3. The molecule has 0 bridgehead atoms. The highest BCUT2D eigenvalue weighted by atomic mass is 16.2. The summed E-state index contributed by atoms with van der Waals surface area (Å²) in [7, 11) is 0. The monoisotopic (exact) mass is 246 g/mol. The summed E-state index contributed by atoms with van der Waals surface area (Å²) >= 11 is 0. The largest absolute Gasteiger partial charge is 0.396 e. The minimum atomic E-state index is -0.684. The molecule has 4 N–H and O–H groups in total. The maximum Gasteiger partial charge on any atom is 0.242 e. The van der Waals surface area contributed by atoms with Crippen molar-refractivity contribution >= 4 is 11.6 Å². The predicted octanol–water partition coefficient (Wildman–Crippen LogP) is 0.901. The van der Waals surface area contributed by atoms with Crippen molar-refractivity contribution in [1.82, 2.24) is 0 Å². The first-order valence-electron chi connectivity index (χ1n) is 5.87. The van der Waals surface area contributed by atoms with Crippen LogP contribution in [0.25, 0.3) is 0 Å². The van der Waals surface area contributed by atoms with Gasteiger partial charge in [-0.05, 0) is 30.5 Å². The summed E-state index contributed by atoms with van der Waals surface area (Å²) in [6.45, 7) is 0.156. The Balaban J connectivity index is 2.62. The number of hydrogen-bond donors (Lipinski definition) is 3. The summed E-state index contributed by atoms with van der Waals surface area (Å²) in [5, 5.41) is 11.5. The second-order valence-corrected chi connectivity index (χ2v) is 4.03. The lowest BCUT2D eigenvalue weighted by Crippen LogP contribution is -2.35. The quantitative estimate of drug-likeness (QED) is 0.653. The number of aryl methyl sites for hydroxylation is 1. The van der Waals surface area contributed by atoms with Gasteiger partial charge in [-0.25, -0.2) is 0 Å². The van der Waals surface area contributed by atoms with Crippen LogP contribution in [0.2, 0.25) is 0 Å². The summed E-state index contributed by atoms with van der Waals surface area (Å²) < 4.78 is 0. The Morgan fingerprint density at radius 3 is 3.00 bits per heavy atom. The van der Waals surface area contributed by atoms with Gasteiger partial charge in [0.25, 0.3) is 0 Å². The van der Waals surface area contributed by atoms with Crippen molar-refractivity contribution in [2.45, 2.75) is 25.3 Å². The highest BCUT2D eigenvalue weighted by Gasteiger charge is 2.11. The van der Waals surface area contributed by atoms with Gasteiger partial charge in [0.1, 0.15) is 0 Å². The molecule has 1 aromatic carbocycles. The lowest BCUT2D eigenvalue weighted by atomic mass is 10.1. The third-order valence-corrected chi connectivity index (χ3v) is 2.49. The number of rotatable bonds is 6. The van der Waals surface area contributed by atoms with Crippen LogP contribution < -0.4 is 11.1 Å². The van der Waals surface area contributed by atoms with Crippen molar-refractivity contribution in [3.63, 3.8) is 0 Å². The number of nitrogens with one attached hydrogen (secondary N) is 1. The van der Waals surface area contributed by atoms with E-state index >= 15 is 0 Å². The van der Waals surface area contributed by atoms with E-state index in [4.69, 9.17) is 17.3 Å².